The van der Waals surface area contributed by atoms with Crippen LogP contribution in [-0.2, 0) is 12.6 Å². The highest BCUT2D eigenvalue weighted by Crippen LogP contribution is 2.38. The molecule has 25 heavy (non-hydrogen) atoms. The number of fused-ring (bicyclic) bond motifs is 2. The number of alkyl halides is 3. The van der Waals surface area contributed by atoms with Crippen molar-refractivity contribution in [3.63, 3.8) is 0 Å². The lowest BCUT2D eigenvalue weighted by atomic mass is 9.80. The predicted octanol–water partition coefficient (Wildman–Crippen LogP) is 4.71. The minimum absolute atomic E-state index is 0.00675. The van der Waals surface area contributed by atoms with E-state index in [0.29, 0.717) is 17.1 Å². The summed E-state index contributed by atoms with van der Waals surface area (Å²) in [5, 5.41) is 3.71. The maximum atomic E-state index is 13.0. The standard InChI is InChI=1S/C18H17F3N4/c1-10-6-7-11-4-2-3-5-12(11)15(10)25-17-13-8-14(18(19,20)21)24-16(13)22-9-23-17/h2-5,8-10,15H,6-7H2,1H3,(H2,22,23,24,25)/t10-,15-/m0/s1. The number of hydrogen-bond donors (Lipinski definition) is 2. The maximum Gasteiger partial charge on any atom is 0.431 e. The van der Waals surface area contributed by atoms with Crippen molar-refractivity contribution < 1.29 is 13.2 Å². The van der Waals surface area contributed by atoms with Crippen molar-refractivity contribution in [2.75, 3.05) is 5.32 Å². The molecule has 1 aromatic carbocycles. The van der Waals surface area contributed by atoms with Gasteiger partial charge in [0.05, 0.1) is 11.4 Å². The van der Waals surface area contributed by atoms with Crippen LogP contribution in [0, 0.1) is 5.92 Å². The number of anilines is 1. The van der Waals surface area contributed by atoms with Gasteiger partial charge < -0.3 is 10.3 Å². The monoisotopic (exact) mass is 346 g/mol. The average molecular weight is 346 g/mol. The van der Waals surface area contributed by atoms with Crippen molar-refractivity contribution in [1.82, 2.24) is 15.0 Å². The van der Waals surface area contributed by atoms with E-state index < -0.39 is 11.9 Å². The Labute approximate surface area is 142 Å². The van der Waals surface area contributed by atoms with Crippen LogP contribution in [-0.4, -0.2) is 15.0 Å². The predicted molar refractivity (Wildman–Crippen MR) is 89.2 cm³/mol. The van der Waals surface area contributed by atoms with Gasteiger partial charge in [0.25, 0.3) is 0 Å². The minimum Gasteiger partial charge on any atom is -0.362 e. The molecule has 0 radical (unpaired) electrons. The second kappa shape index (κ2) is 5.75. The Morgan fingerprint density at radius 1 is 1.20 bits per heavy atom. The molecule has 0 amide bonds. The Hall–Kier alpha value is -2.57. The topological polar surface area (TPSA) is 53.6 Å². The fourth-order valence-corrected chi connectivity index (χ4v) is 3.50. The van der Waals surface area contributed by atoms with E-state index in [0.717, 1.165) is 18.9 Å². The Balaban J connectivity index is 1.75. The minimum atomic E-state index is -4.44. The molecule has 1 aliphatic rings. The van der Waals surface area contributed by atoms with Crippen LogP contribution in [0.3, 0.4) is 0 Å². The summed E-state index contributed by atoms with van der Waals surface area (Å²) in [6, 6.07) is 9.24. The van der Waals surface area contributed by atoms with E-state index in [1.807, 2.05) is 12.1 Å². The van der Waals surface area contributed by atoms with Crippen LogP contribution >= 0.6 is 0 Å². The molecule has 0 unspecified atom stereocenters. The van der Waals surface area contributed by atoms with Crippen LogP contribution in [0.25, 0.3) is 11.0 Å². The van der Waals surface area contributed by atoms with Gasteiger partial charge in [-0.1, -0.05) is 31.2 Å². The van der Waals surface area contributed by atoms with Gasteiger partial charge in [0, 0.05) is 0 Å². The summed E-state index contributed by atoms with van der Waals surface area (Å²) in [6.45, 7) is 2.14. The Kier molecular flexibility index (Phi) is 3.67. The van der Waals surface area contributed by atoms with Crippen molar-refractivity contribution in [2.24, 2.45) is 5.92 Å². The molecule has 4 nitrogen and oxygen atoms in total. The van der Waals surface area contributed by atoms with Crippen LogP contribution in [0.15, 0.2) is 36.7 Å². The summed E-state index contributed by atoms with van der Waals surface area (Å²) in [5.74, 6) is 0.770. The van der Waals surface area contributed by atoms with Gasteiger partial charge in [0.2, 0.25) is 0 Å². The molecule has 2 N–H and O–H groups in total. The van der Waals surface area contributed by atoms with Crippen LogP contribution in [0.5, 0.6) is 0 Å². The average Bonchev–Trinajstić information content (AvgIpc) is 3.03. The normalized spacial score (nSPS) is 20.5. The highest BCUT2D eigenvalue weighted by Gasteiger charge is 2.34. The quantitative estimate of drug-likeness (QED) is 0.706. The summed E-state index contributed by atoms with van der Waals surface area (Å²) < 4.78 is 38.9. The van der Waals surface area contributed by atoms with Crippen molar-refractivity contribution in [1.29, 1.82) is 0 Å². The number of H-pyrrole nitrogens is 1. The first-order valence-electron chi connectivity index (χ1n) is 8.19. The zero-order valence-corrected chi connectivity index (χ0v) is 13.6. The Bertz CT molecular complexity index is 916. The lowest BCUT2D eigenvalue weighted by Gasteiger charge is -2.32. The third kappa shape index (κ3) is 2.83. The van der Waals surface area contributed by atoms with Crippen molar-refractivity contribution in [3.05, 3.63) is 53.5 Å². The van der Waals surface area contributed by atoms with E-state index >= 15 is 0 Å². The number of nitrogens with one attached hydrogen (secondary N) is 2. The molecule has 0 bridgehead atoms. The molecular weight excluding hydrogens is 329 g/mol. The molecule has 2 heterocycles. The lowest BCUT2D eigenvalue weighted by Crippen LogP contribution is -2.25. The Morgan fingerprint density at radius 2 is 2.00 bits per heavy atom. The van der Waals surface area contributed by atoms with Crippen LogP contribution in [0.4, 0.5) is 19.0 Å². The molecule has 3 aromatic rings. The molecule has 4 rings (SSSR count). The van der Waals surface area contributed by atoms with Gasteiger partial charge in [0.15, 0.2) is 0 Å². The summed E-state index contributed by atoms with van der Waals surface area (Å²) in [5.41, 5.74) is 1.82. The van der Waals surface area contributed by atoms with Gasteiger partial charge in [-0.05, 0) is 36.0 Å². The van der Waals surface area contributed by atoms with Crippen LogP contribution in [0.1, 0.15) is 36.2 Å². The second-order valence-electron chi connectivity index (χ2n) is 6.50. The van der Waals surface area contributed by atoms with E-state index in [-0.39, 0.29) is 11.7 Å². The first kappa shape index (κ1) is 15.9. The van der Waals surface area contributed by atoms with Crippen molar-refractivity contribution in [2.45, 2.75) is 32.0 Å². The van der Waals surface area contributed by atoms with Gasteiger partial charge in [0.1, 0.15) is 23.5 Å². The number of rotatable bonds is 2. The summed E-state index contributed by atoms with van der Waals surface area (Å²) in [6.07, 6.45) is -1.13. The lowest BCUT2D eigenvalue weighted by molar-refractivity contribution is -0.140. The molecule has 2 aromatic heterocycles. The summed E-state index contributed by atoms with van der Waals surface area (Å²) in [4.78, 5) is 10.4. The third-order valence-electron chi connectivity index (χ3n) is 4.85. The molecule has 0 saturated heterocycles. The molecule has 0 spiro atoms. The molecule has 0 saturated carbocycles. The molecule has 1 aliphatic carbocycles. The molecule has 2 atom stereocenters. The number of aryl methyl sites for hydroxylation is 1. The smallest absolute Gasteiger partial charge is 0.362 e. The SMILES string of the molecule is C[C@H]1CCc2ccccc2[C@H]1Nc1ncnc2[nH]c(C(F)(F)F)cc12. The fourth-order valence-electron chi connectivity index (χ4n) is 3.50. The van der Waals surface area contributed by atoms with E-state index in [1.54, 1.807) is 0 Å². The van der Waals surface area contributed by atoms with E-state index in [2.05, 4.69) is 39.3 Å². The number of hydrogen-bond acceptors (Lipinski definition) is 3. The molecular formula is C18H17F3N4. The van der Waals surface area contributed by atoms with Gasteiger partial charge in [-0.2, -0.15) is 13.2 Å². The summed E-state index contributed by atoms with van der Waals surface area (Å²) >= 11 is 0. The maximum absolute atomic E-state index is 13.0. The first-order valence-corrected chi connectivity index (χ1v) is 8.19. The zero-order valence-electron chi connectivity index (χ0n) is 13.6. The third-order valence-corrected chi connectivity index (χ3v) is 4.85. The zero-order chi connectivity index (χ0) is 17.6. The van der Waals surface area contributed by atoms with Crippen LogP contribution in [0.2, 0.25) is 0 Å². The first-order chi connectivity index (χ1) is 11.9. The summed E-state index contributed by atoms with van der Waals surface area (Å²) in [7, 11) is 0. The van der Waals surface area contributed by atoms with Crippen molar-refractivity contribution in [3.8, 4) is 0 Å². The number of halogens is 3. The van der Waals surface area contributed by atoms with Gasteiger partial charge in [-0.3, -0.25) is 0 Å². The fraction of sp³-hybridized carbons (Fsp3) is 0.333. The van der Waals surface area contributed by atoms with Crippen molar-refractivity contribution >= 4 is 16.9 Å². The second-order valence-corrected chi connectivity index (χ2v) is 6.50. The molecule has 130 valence electrons. The van der Waals surface area contributed by atoms with Crippen LogP contribution < -0.4 is 5.32 Å². The molecule has 0 aliphatic heterocycles. The number of benzene rings is 1. The number of nitrogens with zero attached hydrogens (tertiary/aromatic N) is 2. The number of aromatic nitrogens is 3. The van der Waals surface area contributed by atoms with Gasteiger partial charge in [-0.25, -0.2) is 9.97 Å². The van der Waals surface area contributed by atoms with E-state index in [1.165, 1.54) is 17.5 Å². The van der Waals surface area contributed by atoms with E-state index in [9.17, 15) is 13.2 Å². The molecule has 0 fully saturated rings. The number of aromatic amines is 1. The highest BCUT2D eigenvalue weighted by atomic mass is 19.4. The largest absolute Gasteiger partial charge is 0.431 e. The van der Waals surface area contributed by atoms with Gasteiger partial charge in [-0.15, -0.1) is 0 Å². The highest BCUT2D eigenvalue weighted by molar-refractivity contribution is 5.88. The van der Waals surface area contributed by atoms with Gasteiger partial charge >= 0.3 is 6.18 Å². The Morgan fingerprint density at radius 3 is 2.80 bits per heavy atom. The van der Waals surface area contributed by atoms with E-state index in [4.69, 9.17) is 0 Å². The molecule has 7 heteroatoms.